The maximum atomic E-state index is 14.8. The zero-order chi connectivity index (χ0) is 22.2. The number of hydrogen-bond acceptors (Lipinski definition) is 4. The van der Waals surface area contributed by atoms with Gasteiger partial charge in [-0.2, -0.15) is 4.79 Å². The summed E-state index contributed by atoms with van der Waals surface area (Å²) >= 11 is 0. The first-order valence-corrected chi connectivity index (χ1v) is 9.07. The van der Waals surface area contributed by atoms with Gasteiger partial charge in [-0.15, -0.1) is 6.42 Å². The van der Waals surface area contributed by atoms with E-state index in [1.165, 1.54) is 20.1 Å². The van der Waals surface area contributed by atoms with Crippen molar-refractivity contribution in [1.82, 2.24) is 10.1 Å². The molecule has 1 aromatic carbocycles. The van der Waals surface area contributed by atoms with Crippen LogP contribution < -0.4 is 10.6 Å². The first kappa shape index (κ1) is 20.9. The molecule has 7 nitrogen and oxygen atoms in total. The fourth-order valence-corrected chi connectivity index (χ4v) is 3.12. The van der Waals surface area contributed by atoms with E-state index in [0.29, 0.717) is 11.3 Å². The van der Waals surface area contributed by atoms with E-state index in [1.807, 2.05) is 0 Å². The normalized spacial score (nSPS) is 11.2. The maximum absolute atomic E-state index is 14.8. The number of ketones is 1. The number of carbonyl (C=O) groups is 3. The van der Waals surface area contributed by atoms with Gasteiger partial charge in [0.1, 0.15) is 11.3 Å². The predicted molar refractivity (Wildman–Crippen MR) is 110 cm³/mol. The van der Waals surface area contributed by atoms with E-state index >= 15 is 0 Å². The van der Waals surface area contributed by atoms with Crippen molar-refractivity contribution < 1.29 is 23.3 Å². The predicted octanol–water partition coefficient (Wildman–Crippen LogP) is 3.55. The number of hydrogen-bond donors (Lipinski definition) is 2. The van der Waals surface area contributed by atoms with Crippen molar-refractivity contribution in [3.63, 3.8) is 0 Å². The Bertz CT molecular complexity index is 1230. The van der Waals surface area contributed by atoms with Crippen LogP contribution in [0.15, 0.2) is 34.9 Å². The summed E-state index contributed by atoms with van der Waals surface area (Å²) in [6.07, 6.45) is 6.84. The second kappa shape index (κ2) is 7.52. The van der Waals surface area contributed by atoms with Crippen LogP contribution in [0.5, 0.6) is 0 Å². The molecule has 2 amide bonds. The second-order valence-corrected chi connectivity index (χ2v) is 7.39. The molecule has 0 bridgehead atoms. The number of terminal acetylenes is 1. The molecule has 154 valence electrons. The van der Waals surface area contributed by atoms with Crippen LogP contribution in [0.3, 0.4) is 0 Å². The summed E-state index contributed by atoms with van der Waals surface area (Å²) in [5.74, 6) is -0.367. The lowest BCUT2D eigenvalue weighted by molar-refractivity contribution is -0.118. The van der Waals surface area contributed by atoms with Crippen LogP contribution in [0.2, 0.25) is 0 Å². The molecule has 3 rings (SSSR count). The van der Waals surface area contributed by atoms with Gasteiger partial charge in [-0.25, -0.2) is 0 Å². The minimum absolute atomic E-state index is 0.0514. The van der Waals surface area contributed by atoms with Crippen molar-refractivity contribution in [3.05, 3.63) is 53.0 Å². The van der Waals surface area contributed by atoms with Crippen LogP contribution in [-0.4, -0.2) is 27.9 Å². The molecule has 2 N–H and O–H groups in total. The van der Waals surface area contributed by atoms with Crippen molar-refractivity contribution in [2.24, 2.45) is 0 Å². The highest BCUT2D eigenvalue weighted by atomic mass is 19.2. The van der Waals surface area contributed by atoms with Gasteiger partial charge in [-0.1, -0.05) is 10.4 Å². The minimum atomic E-state index is -1.06. The van der Waals surface area contributed by atoms with Gasteiger partial charge >= 0.3 is 0 Å². The molecule has 0 unspecified atom stereocenters. The third-order valence-electron chi connectivity index (χ3n) is 4.73. The average molecular weight is 409 g/mol. The Morgan fingerprint density at radius 3 is 2.57 bits per heavy atom. The summed E-state index contributed by atoms with van der Waals surface area (Å²) in [6.45, 7) is 5.82. The van der Waals surface area contributed by atoms with E-state index in [4.69, 9.17) is 10.8 Å². The number of rotatable bonds is 5. The third kappa shape index (κ3) is 3.70. The van der Waals surface area contributed by atoms with E-state index < -0.39 is 23.1 Å². The number of furan rings is 1. The van der Waals surface area contributed by atoms with Crippen LogP contribution in [0.1, 0.15) is 46.0 Å². The van der Waals surface area contributed by atoms with Crippen LogP contribution >= 0.6 is 0 Å². The highest BCUT2D eigenvalue weighted by molar-refractivity contribution is 6.43. The number of halogens is 1. The molecule has 0 aliphatic carbocycles. The Kier molecular flexibility index (Phi) is 5.23. The molecule has 8 heteroatoms. The molecule has 2 aromatic heterocycles. The zero-order valence-electron chi connectivity index (χ0n) is 16.9. The fourth-order valence-electron chi connectivity index (χ4n) is 3.12. The number of anilines is 1. The fraction of sp³-hybridized carbons (Fsp3) is 0.227. The van der Waals surface area contributed by atoms with E-state index in [-0.39, 0.29) is 27.3 Å². The number of aromatic nitrogens is 1. The molecule has 2 heterocycles. The standard InChI is InChI=1S/C22H20FN3O4/c1-6-22(4,5)25-21(29)19(27)17-12(2)18(26(23)13(17)3)20(28)24-15-7-8-16-14(11-15)9-10-30-16/h1,7-11H,2-5H3,(H,24,28)(H,25,29). The van der Waals surface area contributed by atoms with Gasteiger partial charge in [-0.3, -0.25) is 14.4 Å². The van der Waals surface area contributed by atoms with Crippen LogP contribution in [0.25, 0.3) is 11.0 Å². The van der Waals surface area contributed by atoms with Crippen molar-refractivity contribution in [2.75, 3.05) is 5.32 Å². The van der Waals surface area contributed by atoms with Gasteiger partial charge < -0.3 is 15.1 Å². The molecule has 0 spiro atoms. The SMILES string of the molecule is C#CC(C)(C)NC(=O)C(=O)c1c(C)c(C(=O)Nc2ccc3occc3c2)n(F)c1C. The summed E-state index contributed by atoms with van der Waals surface area (Å²) in [4.78, 5) is 37.8. The molecule has 0 aliphatic rings. The Hall–Kier alpha value is -3.86. The van der Waals surface area contributed by atoms with Gasteiger partial charge in [0.25, 0.3) is 17.6 Å². The van der Waals surface area contributed by atoms with E-state index in [2.05, 4.69) is 16.6 Å². The third-order valence-corrected chi connectivity index (χ3v) is 4.73. The molecular weight excluding hydrogens is 389 g/mol. The molecule has 3 aromatic rings. The average Bonchev–Trinajstić information content (AvgIpc) is 3.23. The Morgan fingerprint density at radius 1 is 1.20 bits per heavy atom. The maximum Gasteiger partial charge on any atom is 0.293 e. The molecule has 30 heavy (non-hydrogen) atoms. The number of fused-ring (bicyclic) bond motifs is 1. The summed E-state index contributed by atoms with van der Waals surface area (Å²) < 4.78 is 20.0. The van der Waals surface area contributed by atoms with Gasteiger partial charge in [0, 0.05) is 11.1 Å². The summed E-state index contributed by atoms with van der Waals surface area (Å²) in [6, 6.07) is 6.68. The summed E-state index contributed by atoms with van der Waals surface area (Å²) in [7, 11) is 0. The summed E-state index contributed by atoms with van der Waals surface area (Å²) in [5.41, 5.74) is -0.641. The smallest absolute Gasteiger partial charge is 0.293 e. The molecule has 0 radical (unpaired) electrons. The highest BCUT2D eigenvalue weighted by Crippen LogP contribution is 2.25. The van der Waals surface area contributed by atoms with Crippen LogP contribution in [0, 0.1) is 26.2 Å². The van der Waals surface area contributed by atoms with Gasteiger partial charge in [0.05, 0.1) is 23.1 Å². The van der Waals surface area contributed by atoms with Crippen LogP contribution in [-0.2, 0) is 4.79 Å². The Morgan fingerprint density at radius 2 is 1.90 bits per heavy atom. The van der Waals surface area contributed by atoms with E-state index in [1.54, 1.807) is 38.1 Å². The molecule has 0 aliphatic heterocycles. The zero-order valence-corrected chi connectivity index (χ0v) is 16.9. The van der Waals surface area contributed by atoms with Gasteiger partial charge in [0.15, 0.2) is 0 Å². The number of carbonyl (C=O) groups excluding carboxylic acids is 3. The molecule has 0 saturated carbocycles. The number of Topliss-reactive ketones (excluding diaryl/α,β-unsaturated/α-hetero) is 1. The van der Waals surface area contributed by atoms with Crippen LogP contribution in [0.4, 0.5) is 10.2 Å². The first-order valence-electron chi connectivity index (χ1n) is 9.07. The summed E-state index contributed by atoms with van der Waals surface area (Å²) in [5, 5.41) is 5.77. The van der Waals surface area contributed by atoms with Crippen molar-refractivity contribution >= 4 is 34.3 Å². The minimum Gasteiger partial charge on any atom is -0.464 e. The topological polar surface area (TPSA) is 93.3 Å². The molecule has 0 fully saturated rings. The quantitative estimate of drug-likeness (QED) is 0.383. The lowest BCUT2D eigenvalue weighted by Crippen LogP contribution is -2.45. The lowest BCUT2D eigenvalue weighted by Gasteiger charge is -2.18. The van der Waals surface area contributed by atoms with E-state index in [9.17, 15) is 18.9 Å². The molecule has 0 atom stereocenters. The molecule has 0 saturated heterocycles. The van der Waals surface area contributed by atoms with Crippen molar-refractivity contribution in [1.29, 1.82) is 0 Å². The Labute approximate surface area is 172 Å². The molecular formula is C22H20FN3O4. The number of nitrogens with one attached hydrogen (secondary N) is 2. The van der Waals surface area contributed by atoms with Gasteiger partial charge in [0.2, 0.25) is 0 Å². The monoisotopic (exact) mass is 409 g/mol. The number of amides is 2. The van der Waals surface area contributed by atoms with Crippen molar-refractivity contribution in [3.8, 4) is 12.3 Å². The highest BCUT2D eigenvalue weighted by Gasteiger charge is 2.32. The Balaban J connectivity index is 1.91. The number of benzene rings is 1. The van der Waals surface area contributed by atoms with Crippen molar-refractivity contribution in [2.45, 2.75) is 33.2 Å². The largest absolute Gasteiger partial charge is 0.464 e. The van der Waals surface area contributed by atoms with E-state index in [0.717, 1.165) is 5.39 Å². The second-order valence-electron chi connectivity index (χ2n) is 7.39. The first-order chi connectivity index (χ1) is 14.1. The lowest BCUT2D eigenvalue weighted by atomic mass is 10.0. The number of nitrogens with zero attached hydrogens (tertiary/aromatic N) is 1. The van der Waals surface area contributed by atoms with Gasteiger partial charge in [-0.05, 0) is 57.5 Å².